The van der Waals surface area contributed by atoms with Crippen molar-refractivity contribution in [3.05, 3.63) is 140 Å². The second-order valence-corrected chi connectivity index (χ2v) is 9.03. The van der Waals surface area contributed by atoms with Crippen LogP contribution in [0.25, 0.3) is 61.4 Å². The van der Waals surface area contributed by atoms with Crippen molar-refractivity contribution in [2.24, 2.45) is 0 Å². The predicted octanol–water partition coefficient (Wildman–Crippen LogP) is 7.73. The Kier molecular flexibility index (Phi) is 7.46. The molecule has 0 aliphatic carbocycles. The fraction of sp³-hybridized carbons (Fsp3) is 0. The maximum absolute atomic E-state index is 6.20. The predicted molar refractivity (Wildman–Crippen MR) is 157 cm³/mol. The average molecular weight is 708 g/mol. The molecular formula is C34H21IrN5O-2. The summed E-state index contributed by atoms with van der Waals surface area (Å²) in [6.07, 6.45) is 3.44. The third kappa shape index (κ3) is 5.05. The quantitative estimate of drug-likeness (QED) is 0.176. The standard InChI is InChI=1S/C23H13N4O.C11H8N.Ir/c1-2-7-15(8-3-1)27-22(25-19-13-14-24-26-23(19)27)18-11-6-10-17-16-9-4-5-12-20(16)28-21(17)18;1-2-6-10(7-3-1)11-8-4-5-9-12-11;/h1-10,12-14H;1-6,8-9H;/q2*-1;. The van der Waals surface area contributed by atoms with Gasteiger partial charge in [0.25, 0.3) is 0 Å². The maximum atomic E-state index is 6.20. The number of nitrogens with zero attached hydrogens (tertiary/aromatic N) is 5. The molecule has 0 bridgehead atoms. The summed E-state index contributed by atoms with van der Waals surface area (Å²) in [5.74, 6) is 0.728. The molecule has 199 valence electrons. The van der Waals surface area contributed by atoms with Crippen LogP contribution in [0.5, 0.6) is 0 Å². The van der Waals surface area contributed by atoms with Gasteiger partial charge in [0.2, 0.25) is 0 Å². The Morgan fingerprint density at radius 3 is 2.34 bits per heavy atom. The van der Waals surface area contributed by atoms with Gasteiger partial charge in [-0.1, -0.05) is 59.5 Å². The minimum atomic E-state index is 0. The Morgan fingerprint density at radius 1 is 0.683 bits per heavy atom. The first-order valence-electron chi connectivity index (χ1n) is 12.8. The number of aromatic nitrogens is 5. The molecule has 0 saturated carbocycles. The molecule has 7 heteroatoms. The normalized spacial score (nSPS) is 10.7. The van der Waals surface area contributed by atoms with E-state index in [1.54, 1.807) is 12.4 Å². The molecule has 0 aliphatic heterocycles. The second-order valence-electron chi connectivity index (χ2n) is 9.03. The molecule has 0 atom stereocenters. The van der Waals surface area contributed by atoms with Gasteiger partial charge in [-0.15, -0.1) is 59.2 Å². The summed E-state index contributed by atoms with van der Waals surface area (Å²) in [6.45, 7) is 0. The van der Waals surface area contributed by atoms with Crippen LogP contribution in [-0.2, 0) is 20.1 Å². The van der Waals surface area contributed by atoms with E-state index >= 15 is 0 Å². The summed E-state index contributed by atoms with van der Waals surface area (Å²) in [4.78, 5) is 9.07. The average Bonchev–Trinajstić information content (AvgIpc) is 3.62. The summed E-state index contributed by atoms with van der Waals surface area (Å²) in [7, 11) is 0. The molecule has 6 nitrogen and oxygen atoms in total. The number of imidazole rings is 1. The Labute approximate surface area is 249 Å². The van der Waals surface area contributed by atoms with Crippen LogP contribution in [0.15, 0.2) is 132 Å². The molecule has 8 rings (SSSR count). The third-order valence-corrected chi connectivity index (χ3v) is 6.56. The van der Waals surface area contributed by atoms with Gasteiger partial charge < -0.3 is 14.0 Å². The minimum Gasteiger partial charge on any atom is -0.501 e. The molecule has 1 radical (unpaired) electrons. The zero-order valence-electron chi connectivity index (χ0n) is 21.6. The van der Waals surface area contributed by atoms with Crippen LogP contribution < -0.4 is 0 Å². The molecular weight excluding hydrogens is 687 g/mol. The van der Waals surface area contributed by atoms with Crippen molar-refractivity contribution in [3.63, 3.8) is 0 Å². The van der Waals surface area contributed by atoms with E-state index in [0.717, 1.165) is 55.8 Å². The Morgan fingerprint density at radius 2 is 1.51 bits per heavy atom. The van der Waals surface area contributed by atoms with E-state index in [1.807, 2.05) is 114 Å². The second kappa shape index (κ2) is 11.6. The summed E-state index contributed by atoms with van der Waals surface area (Å²) in [5, 5.41) is 10.5. The van der Waals surface area contributed by atoms with Crippen molar-refractivity contribution in [3.8, 4) is 28.3 Å². The molecule has 0 N–H and O–H groups in total. The van der Waals surface area contributed by atoms with Crippen LogP contribution >= 0.6 is 0 Å². The molecule has 0 unspecified atom stereocenters. The van der Waals surface area contributed by atoms with Gasteiger partial charge in [-0.3, -0.25) is 4.98 Å². The number of fused-ring (bicyclic) bond motifs is 4. The van der Waals surface area contributed by atoms with Crippen LogP contribution in [0.4, 0.5) is 0 Å². The van der Waals surface area contributed by atoms with Gasteiger partial charge in [0.05, 0.1) is 17.6 Å². The number of pyridine rings is 1. The molecule has 41 heavy (non-hydrogen) atoms. The summed E-state index contributed by atoms with van der Waals surface area (Å²) < 4.78 is 8.21. The zero-order chi connectivity index (χ0) is 26.7. The fourth-order valence-corrected chi connectivity index (χ4v) is 4.75. The molecule has 4 aromatic carbocycles. The van der Waals surface area contributed by atoms with Gasteiger partial charge in [0.1, 0.15) is 11.1 Å². The molecule has 4 aromatic heterocycles. The van der Waals surface area contributed by atoms with Crippen molar-refractivity contribution < 1.29 is 24.5 Å². The van der Waals surface area contributed by atoms with Gasteiger partial charge in [0, 0.05) is 37.4 Å². The minimum absolute atomic E-state index is 0. The van der Waals surface area contributed by atoms with Gasteiger partial charge in [-0.05, 0) is 36.0 Å². The molecule has 0 aliphatic rings. The van der Waals surface area contributed by atoms with E-state index < -0.39 is 0 Å². The van der Waals surface area contributed by atoms with Crippen LogP contribution in [0.3, 0.4) is 0 Å². The van der Waals surface area contributed by atoms with E-state index in [2.05, 4.69) is 33.4 Å². The molecule has 0 spiro atoms. The van der Waals surface area contributed by atoms with E-state index in [9.17, 15) is 0 Å². The summed E-state index contributed by atoms with van der Waals surface area (Å²) in [6, 6.07) is 44.0. The van der Waals surface area contributed by atoms with Crippen molar-refractivity contribution in [1.29, 1.82) is 0 Å². The number of para-hydroxylation sites is 2. The largest absolute Gasteiger partial charge is 0.501 e. The SMILES string of the molecule is [Ir].[c-]1ccc2c(oc3ccccc32)c1-c1nc2ccnnc2n1-c1ccccc1.[c-]1ccccc1-c1ccccn1. The molecule has 4 heterocycles. The van der Waals surface area contributed by atoms with Crippen LogP contribution in [0, 0.1) is 12.1 Å². The first-order valence-corrected chi connectivity index (χ1v) is 12.8. The summed E-state index contributed by atoms with van der Waals surface area (Å²) >= 11 is 0. The Balaban J connectivity index is 0.000000196. The smallest absolute Gasteiger partial charge is 0.178 e. The Hall–Kier alpha value is -4.97. The van der Waals surface area contributed by atoms with Crippen LogP contribution in [0.2, 0.25) is 0 Å². The van der Waals surface area contributed by atoms with Crippen molar-refractivity contribution >= 4 is 33.1 Å². The Bertz CT molecular complexity index is 2020. The van der Waals surface area contributed by atoms with E-state index in [-0.39, 0.29) is 20.1 Å². The number of hydrogen-bond acceptors (Lipinski definition) is 5. The number of furan rings is 1. The van der Waals surface area contributed by atoms with E-state index in [1.165, 1.54) is 0 Å². The number of rotatable bonds is 3. The van der Waals surface area contributed by atoms with E-state index in [4.69, 9.17) is 9.40 Å². The van der Waals surface area contributed by atoms with Crippen LogP contribution in [-0.4, -0.2) is 24.7 Å². The van der Waals surface area contributed by atoms with Gasteiger partial charge >= 0.3 is 0 Å². The monoisotopic (exact) mass is 708 g/mol. The van der Waals surface area contributed by atoms with Gasteiger partial charge in [-0.2, -0.15) is 5.10 Å². The topological polar surface area (TPSA) is 69.6 Å². The van der Waals surface area contributed by atoms with Gasteiger partial charge in [0.15, 0.2) is 5.65 Å². The first kappa shape index (κ1) is 26.3. The molecule has 0 amide bonds. The third-order valence-electron chi connectivity index (χ3n) is 6.56. The maximum Gasteiger partial charge on any atom is 0.178 e. The molecule has 0 saturated heterocycles. The van der Waals surface area contributed by atoms with Gasteiger partial charge in [-0.25, -0.2) is 0 Å². The molecule has 0 fully saturated rings. The fourth-order valence-electron chi connectivity index (χ4n) is 4.75. The zero-order valence-corrected chi connectivity index (χ0v) is 24.0. The van der Waals surface area contributed by atoms with Crippen molar-refractivity contribution in [2.75, 3.05) is 0 Å². The van der Waals surface area contributed by atoms with Crippen molar-refractivity contribution in [1.82, 2.24) is 24.7 Å². The molecule has 8 aromatic rings. The number of hydrogen-bond donors (Lipinski definition) is 0. The van der Waals surface area contributed by atoms with E-state index in [0.29, 0.717) is 5.65 Å². The first-order chi connectivity index (χ1) is 19.9. The number of benzene rings is 4. The van der Waals surface area contributed by atoms with Crippen LogP contribution in [0.1, 0.15) is 0 Å². The summed E-state index contributed by atoms with van der Waals surface area (Å²) in [5.41, 5.74) is 6.86. The van der Waals surface area contributed by atoms with Crippen molar-refractivity contribution in [2.45, 2.75) is 0 Å².